The first-order valence-corrected chi connectivity index (χ1v) is 9.48. The summed E-state index contributed by atoms with van der Waals surface area (Å²) in [4.78, 5) is 25.7. The van der Waals surface area contributed by atoms with Gasteiger partial charge in [-0.05, 0) is 44.3 Å². The van der Waals surface area contributed by atoms with E-state index in [-0.39, 0.29) is 5.91 Å². The van der Waals surface area contributed by atoms with E-state index in [2.05, 4.69) is 49.6 Å². The molecule has 150 valence electrons. The summed E-state index contributed by atoms with van der Waals surface area (Å²) in [5, 5.41) is 5.96. The molecule has 0 bridgehead atoms. The van der Waals surface area contributed by atoms with Gasteiger partial charge in [-0.15, -0.1) is 0 Å². The number of ether oxygens (including phenoxy) is 1. The van der Waals surface area contributed by atoms with Crippen LogP contribution in [0.5, 0.6) is 0 Å². The molecule has 1 aliphatic rings. The van der Waals surface area contributed by atoms with Crippen molar-refractivity contribution in [2.24, 2.45) is 0 Å². The number of hydrogen-bond donors (Lipinski definition) is 2. The van der Waals surface area contributed by atoms with Gasteiger partial charge in [0, 0.05) is 56.9 Å². The number of nitrogens with zero attached hydrogens (tertiary/aromatic N) is 4. The van der Waals surface area contributed by atoms with Gasteiger partial charge in [0.2, 0.25) is 5.95 Å². The van der Waals surface area contributed by atoms with Crippen LogP contribution in [0.15, 0.2) is 30.3 Å². The van der Waals surface area contributed by atoms with Crippen molar-refractivity contribution in [2.75, 3.05) is 63.7 Å². The van der Waals surface area contributed by atoms with Gasteiger partial charge in [-0.3, -0.25) is 4.79 Å². The molecule has 0 aliphatic carbocycles. The SMILES string of the molecule is COCCNC(=O)c1cc(C)nc(Nc2ccc(N3CCN(C)CC3)cc2)n1. The summed E-state index contributed by atoms with van der Waals surface area (Å²) in [6.07, 6.45) is 0. The molecule has 8 nitrogen and oxygen atoms in total. The van der Waals surface area contributed by atoms with Gasteiger partial charge in [-0.25, -0.2) is 9.97 Å². The number of amides is 1. The second-order valence-electron chi connectivity index (χ2n) is 6.93. The van der Waals surface area contributed by atoms with E-state index in [1.807, 2.05) is 19.1 Å². The summed E-state index contributed by atoms with van der Waals surface area (Å²) in [7, 11) is 3.75. The molecular formula is C20H28N6O2. The van der Waals surface area contributed by atoms with Crippen LogP contribution >= 0.6 is 0 Å². The Morgan fingerprint density at radius 3 is 2.54 bits per heavy atom. The predicted octanol–water partition coefficient (Wildman–Crippen LogP) is 1.66. The van der Waals surface area contributed by atoms with Gasteiger partial charge < -0.3 is 25.2 Å². The Morgan fingerprint density at radius 1 is 1.14 bits per heavy atom. The number of nitrogens with one attached hydrogen (secondary N) is 2. The second kappa shape index (κ2) is 9.48. The van der Waals surface area contributed by atoms with Gasteiger partial charge in [0.1, 0.15) is 5.69 Å². The lowest BCUT2D eigenvalue weighted by Gasteiger charge is -2.34. The Kier molecular flexibility index (Phi) is 6.78. The van der Waals surface area contributed by atoms with Crippen LogP contribution in [0.3, 0.4) is 0 Å². The number of aryl methyl sites for hydroxylation is 1. The molecule has 8 heteroatoms. The van der Waals surface area contributed by atoms with Gasteiger partial charge in [-0.1, -0.05) is 0 Å². The molecule has 28 heavy (non-hydrogen) atoms. The number of carbonyl (C=O) groups excluding carboxylic acids is 1. The van der Waals surface area contributed by atoms with E-state index in [0.29, 0.717) is 24.8 Å². The van der Waals surface area contributed by atoms with Crippen LogP contribution in [-0.2, 0) is 4.74 Å². The summed E-state index contributed by atoms with van der Waals surface area (Å²) in [6, 6.07) is 9.89. The van der Waals surface area contributed by atoms with Crippen molar-refractivity contribution in [3.8, 4) is 0 Å². The minimum Gasteiger partial charge on any atom is -0.383 e. The third-order valence-corrected chi connectivity index (χ3v) is 4.67. The normalized spacial score (nSPS) is 14.8. The fraction of sp³-hybridized carbons (Fsp3) is 0.450. The van der Waals surface area contributed by atoms with E-state index in [1.165, 1.54) is 5.69 Å². The Morgan fingerprint density at radius 2 is 1.86 bits per heavy atom. The average molecular weight is 384 g/mol. The molecule has 0 radical (unpaired) electrons. The maximum atomic E-state index is 12.2. The second-order valence-corrected chi connectivity index (χ2v) is 6.93. The van der Waals surface area contributed by atoms with Crippen LogP contribution in [0.4, 0.5) is 17.3 Å². The zero-order chi connectivity index (χ0) is 19.9. The molecule has 1 aromatic carbocycles. The van der Waals surface area contributed by atoms with E-state index in [4.69, 9.17) is 4.74 Å². The summed E-state index contributed by atoms with van der Waals surface area (Å²) < 4.78 is 4.95. The third kappa shape index (κ3) is 5.40. The zero-order valence-corrected chi connectivity index (χ0v) is 16.7. The van der Waals surface area contributed by atoms with Crippen LogP contribution in [0, 0.1) is 6.92 Å². The lowest BCUT2D eigenvalue weighted by atomic mass is 10.2. The summed E-state index contributed by atoms with van der Waals surface area (Å²) >= 11 is 0. The molecule has 0 unspecified atom stereocenters. The quantitative estimate of drug-likeness (QED) is 0.703. The maximum Gasteiger partial charge on any atom is 0.270 e. The van der Waals surface area contributed by atoms with Crippen molar-refractivity contribution in [1.82, 2.24) is 20.2 Å². The van der Waals surface area contributed by atoms with Crippen LogP contribution in [-0.4, -0.2) is 74.3 Å². The highest BCUT2D eigenvalue weighted by Crippen LogP contribution is 2.21. The number of aromatic nitrogens is 2. The smallest absolute Gasteiger partial charge is 0.270 e. The zero-order valence-electron chi connectivity index (χ0n) is 16.7. The van der Waals surface area contributed by atoms with Crippen LogP contribution in [0.25, 0.3) is 0 Å². The molecule has 1 saturated heterocycles. The lowest BCUT2D eigenvalue weighted by Crippen LogP contribution is -2.44. The number of carbonyl (C=O) groups is 1. The molecular weight excluding hydrogens is 356 g/mol. The molecule has 3 rings (SSSR count). The molecule has 0 saturated carbocycles. The van der Waals surface area contributed by atoms with Crippen LogP contribution in [0.2, 0.25) is 0 Å². The third-order valence-electron chi connectivity index (χ3n) is 4.67. The van der Waals surface area contributed by atoms with Crippen molar-refractivity contribution < 1.29 is 9.53 Å². The number of methoxy groups -OCH3 is 1. The fourth-order valence-electron chi connectivity index (χ4n) is 3.05. The molecule has 2 heterocycles. The standard InChI is InChI=1S/C20H28N6O2/c1-15-14-18(19(27)21-8-13-28-3)24-20(22-15)23-16-4-6-17(7-5-16)26-11-9-25(2)10-12-26/h4-7,14H,8-13H2,1-3H3,(H,21,27)(H,22,23,24). The monoisotopic (exact) mass is 384 g/mol. The van der Waals surface area contributed by atoms with E-state index >= 15 is 0 Å². The summed E-state index contributed by atoms with van der Waals surface area (Å²) in [5.74, 6) is 0.167. The number of piperazine rings is 1. The van der Waals surface area contributed by atoms with E-state index < -0.39 is 0 Å². The van der Waals surface area contributed by atoms with Gasteiger partial charge in [0.25, 0.3) is 5.91 Å². The number of benzene rings is 1. The molecule has 1 aromatic heterocycles. The number of rotatable bonds is 7. The Bertz CT molecular complexity index is 788. The van der Waals surface area contributed by atoms with Crippen LogP contribution < -0.4 is 15.5 Å². The Hall–Kier alpha value is -2.71. The molecule has 1 aliphatic heterocycles. The highest BCUT2D eigenvalue weighted by Gasteiger charge is 2.14. The summed E-state index contributed by atoms with van der Waals surface area (Å²) in [5.41, 5.74) is 3.15. The highest BCUT2D eigenvalue weighted by molar-refractivity contribution is 5.92. The Labute approximate surface area is 165 Å². The van der Waals surface area contributed by atoms with Gasteiger partial charge >= 0.3 is 0 Å². The van der Waals surface area contributed by atoms with Crippen molar-refractivity contribution >= 4 is 23.2 Å². The number of anilines is 3. The maximum absolute atomic E-state index is 12.2. The van der Waals surface area contributed by atoms with Gasteiger partial charge in [0.05, 0.1) is 6.61 Å². The van der Waals surface area contributed by atoms with Gasteiger partial charge in [0.15, 0.2) is 0 Å². The van der Waals surface area contributed by atoms with Crippen molar-refractivity contribution in [2.45, 2.75) is 6.92 Å². The van der Waals surface area contributed by atoms with E-state index in [9.17, 15) is 4.79 Å². The Balaban J connectivity index is 1.65. The lowest BCUT2D eigenvalue weighted by molar-refractivity contribution is 0.0932. The van der Waals surface area contributed by atoms with Crippen molar-refractivity contribution in [3.05, 3.63) is 41.7 Å². The van der Waals surface area contributed by atoms with Crippen molar-refractivity contribution in [3.63, 3.8) is 0 Å². The predicted molar refractivity (Wildman–Crippen MR) is 110 cm³/mol. The average Bonchev–Trinajstić information content (AvgIpc) is 2.69. The first kappa shape index (κ1) is 20.0. The molecule has 1 fully saturated rings. The first-order chi connectivity index (χ1) is 13.5. The van der Waals surface area contributed by atoms with Crippen LogP contribution in [0.1, 0.15) is 16.2 Å². The molecule has 0 atom stereocenters. The van der Waals surface area contributed by atoms with Gasteiger partial charge in [-0.2, -0.15) is 0 Å². The molecule has 0 spiro atoms. The fourth-order valence-corrected chi connectivity index (χ4v) is 3.05. The number of hydrogen-bond acceptors (Lipinski definition) is 7. The molecule has 2 N–H and O–H groups in total. The largest absolute Gasteiger partial charge is 0.383 e. The molecule has 2 aromatic rings. The minimum atomic E-state index is -0.240. The van der Waals surface area contributed by atoms with E-state index in [1.54, 1.807) is 13.2 Å². The minimum absolute atomic E-state index is 0.240. The van der Waals surface area contributed by atoms with Crippen molar-refractivity contribution in [1.29, 1.82) is 0 Å². The number of likely N-dealkylation sites (N-methyl/N-ethyl adjacent to an activating group) is 1. The van der Waals surface area contributed by atoms with E-state index in [0.717, 1.165) is 37.6 Å². The summed E-state index contributed by atoms with van der Waals surface area (Å²) in [6.45, 7) is 6.96. The highest BCUT2D eigenvalue weighted by atomic mass is 16.5. The first-order valence-electron chi connectivity index (χ1n) is 9.48. The molecule has 1 amide bonds. The topological polar surface area (TPSA) is 82.6 Å².